The minimum absolute atomic E-state index is 0.372. The molecule has 0 unspecified atom stereocenters. The Hall–Kier alpha value is -2.71. The third kappa shape index (κ3) is 2.94. The topological polar surface area (TPSA) is 88.3 Å². The largest absolute Gasteiger partial charge is 0.456 e. The van der Waals surface area contributed by atoms with Crippen LogP contribution in [0.4, 0.5) is 0 Å². The molecular weight excluding hydrogens is 300 g/mol. The molecule has 0 spiro atoms. The minimum Gasteiger partial charge on any atom is -0.456 e. The Bertz CT molecular complexity index is 826. The van der Waals surface area contributed by atoms with E-state index < -0.39 is 6.29 Å². The summed E-state index contributed by atoms with van der Waals surface area (Å²) in [5, 5.41) is 8.12. The van der Waals surface area contributed by atoms with Gasteiger partial charge < -0.3 is 18.4 Å². The van der Waals surface area contributed by atoms with Crippen molar-refractivity contribution in [2.24, 2.45) is 7.05 Å². The Morgan fingerprint density at radius 2 is 2.04 bits per heavy atom. The van der Waals surface area contributed by atoms with E-state index >= 15 is 0 Å². The normalized spacial score (nSPS) is 15.9. The van der Waals surface area contributed by atoms with Gasteiger partial charge in [-0.05, 0) is 24.3 Å². The van der Waals surface area contributed by atoms with E-state index in [0.29, 0.717) is 42.1 Å². The fourth-order valence-electron chi connectivity index (χ4n) is 2.20. The van der Waals surface area contributed by atoms with Gasteiger partial charge in [-0.1, -0.05) is 5.16 Å². The summed E-state index contributed by atoms with van der Waals surface area (Å²) in [6, 6.07) is 5.47. The molecule has 4 heterocycles. The van der Waals surface area contributed by atoms with E-state index in [1.54, 1.807) is 16.8 Å². The highest BCUT2D eigenvalue weighted by atomic mass is 16.7. The molecule has 3 aromatic rings. The summed E-state index contributed by atoms with van der Waals surface area (Å²) >= 11 is 0. The quantitative estimate of drug-likeness (QED) is 0.730. The SMILES string of the molecule is Cn1ccc(-c2noc(/C=C/c3ccc(C4OCCO4)o3)n2)n1. The van der Waals surface area contributed by atoms with Crippen LogP contribution in [0.1, 0.15) is 23.7 Å². The van der Waals surface area contributed by atoms with Crippen molar-refractivity contribution in [3.8, 4) is 11.5 Å². The molecule has 0 aliphatic carbocycles. The van der Waals surface area contributed by atoms with Crippen LogP contribution in [0, 0.1) is 0 Å². The molecule has 0 radical (unpaired) electrons. The van der Waals surface area contributed by atoms with Crippen molar-refractivity contribution in [1.29, 1.82) is 0 Å². The predicted molar refractivity (Wildman–Crippen MR) is 78.8 cm³/mol. The number of furan rings is 1. The van der Waals surface area contributed by atoms with Crippen LogP contribution < -0.4 is 0 Å². The zero-order chi connectivity index (χ0) is 15.6. The summed E-state index contributed by atoms with van der Waals surface area (Å²) in [4.78, 5) is 4.26. The molecule has 0 atom stereocenters. The molecule has 1 fully saturated rings. The maximum atomic E-state index is 5.64. The zero-order valence-corrected chi connectivity index (χ0v) is 12.4. The molecule has 23 heavy (non-hydrogen) atoms. The maximum Gasteiger partial charge on any atom is 0.251 e. The van der Waals surface area contributed by atoms with Gasteiger partial charge in [0.1, 0.15) is 11.5 Å². The standard InChI is InChI=1S/C15H14N4O4/c1-19-7-6-11(17-19)14-16-13(23-18-14)5-3-10-2-4-12(22-10)15-20-8-9-21-15/h2-7,15H,8-9H2,1H3/b5-3+. The number of nitrogens with zero attached hydrogens (tertiary/aromatic N) is 4. The second-order valence-electron chi connectivity index (χ2n) is 4.98. The van der Waals surface area contributed by atoms with Gasteiger partial charge >= 0.3 is 0 Å². The molecule has 4 rings (SSSR count). The third-order valence-corrected chi connectivity index (χ3v) is 3.28. The van der Waals surface area contributed by atoms with Gasteiger partial charge in [0.05, 0.1) is 13.2 Å². The Morgan fingerprint density at radius 3 is 2.83 bits per heavy atom. The van der Waals surface area contributed by atoms with Crippen LogP contribution in [-0.4, -0.2) is 33.1 Å². The second kappa shape index (κ2) is 5.82. The van der Waals surface area contributed by atoms with E-state index in [-0.39, 0.29) is 0 Å². The van der Waals surface area contributed by atoms with Gasteiger partial charge in [-0.25, -0.2) is 0 Å². The summed E-state index contributed by atoms with van der Waals surface area (Å²) in [5.74, 6) is 2.11. The number of rotatable bonds is 4. The van der Waals surface area contributed by atoms with Crippen LogP contribution >= 0.6 is 0 Å². The molecule has 1 aliphatic rings. The van der Waals surface area contributed by atoms with Crippen molar-refractivity contribution in [2.75, 3.05) is 13.2 Å². The number of hydrogen-bond donors (Lipinski definition) is 0. The predicted octanol–water partition coefficient (Wildman–Crippen LogP) is 2.28. The fourth-order valence-corrected chi connectivity index (χ4v) is 2.20. The van der Waals surface area contributed by atoms with Gasteiger partial charge in [-0.2, -0.15) is 10.1 Å². The highest BCUT2D eigenvalue weighted by Gasteiger charge is 2.21. The lowest BCUT2D eigenvalue weighted by Crippen LogP contribution is -1.94. The van der Waals surface area contributed by atoms with Crippen molar-refractivity contribution in [3.05, 3.63) is 41.8 Å². The van der Waals surface area contributed by atoms with E-state index in [2.05, 4.69) is 15.2 Å². The van der Waals surface area contributed by atoms with Gasteiger partial charge in [0.15, 0.2) is 5.76 Å². The number of hydrogen-bond acceptors (Lipinski definition) is 7. The first-order chi connectivity index (χ1) is 11.3. The molecule has 118 valence electrons. The van der Waals surface area contributed by atoms with Crippen LogP contribution in [0.25, 0.3) is 23.7 Å². The van der Waals surface area contributed by atoms with Crippen molar-refractivity contribution in [2.45, 2.75) is 6.29 Å². The first-order valence-electron chi connectivity index (χ1n) is 7.13. The lowest BCUT2D eigenvalue weighted by atomic mass is 10.4. The van der Waals surface area contributed by atoms with Crippen molar-refractivity contribution in [3.63, 3.8) is 0 Å². The minimum atomic E-state index is -0.420. The summed E-state index contributed by atoms with van der Waals surface area (Å²) in [6.07, 6.45) is 4.82. The van der Waals surface area contributed by atoms with Crippen molar-refractivity contribution >= 4 is 12.2 Å². The molecule has 0 amide bonds. The molecular formula is C15H14N4O4. The molecule has 0 saturated carbocycles. The number of aromatic nitrogens is 4. The molecule has 0 aromatic carbocycles. The smallest absolute Gasteiger partial charge is 0.251 e. The molecule has 1 saturated heterocycles. The first kappa shape index (κ1) is 13.9. The fraction of sp³-hybridized carbons (Fsp3) is 0.267. The second-order valence-corrected chi connectivity index (χ2v) is 4.98. The summed E-state index contributed by atoms with van der Waals surface area (Å²) in [7, 11) is 1.83. The van der Waals surface area contributed by atoms with Crippen LogP contribution in [0.3, 0.4) is 0 Å². The lowest BCUT2D eigenvalue weighted by Gasteiger charge is -2.03. The highest BCUT2D eigenvalue weighted by Crippen LogP contribution is 2.25. The average molecular weight is 314 g/mol. The Balaban J connectivity index is 1.47. The van der Waals surface area contributed by atoms with Crippen molar-refractivity contribution < 1.29 is 18.4 Å². The number of aryl methyl sites for hydroxylation is 1. The van der Waals surface area contributed by atoms with E-state index in [1.165, 1.54) is 0 Å². The Labute approximate surface area is 131 Å². The first-order valence-corrected chi connectivity index (χ1v) is 7.13. The molecule has 8 nitrogen and oxygen atoms in total. The Kier molecular flexibility index (Phi) is 3.52. The van der Waals surface area contributed by atoms with Crippen LogP contribution in [0.15, 0.2) is 33.3 Å². The average Bonchev–Trinajstić information content (AvgIpc) is 3.31. The maximum absolute atomic E-state index is 5.64. The van der Waals surface area contributed by atoms with Gasteiger partial charge in [0.2, 0.25) is 12.1 Å². The number of ether oxygens (including phenoxy) is 2. The highest BCUT2D eigenvalue weighted by molar-refractivity contribution is 5.64. The monoisotopic (exact) mass is 314 g/mol. The lowest BCUT2D eigenvalue weighted by molar-refractivity contribution is -0.0589. The summed E-state index contributed by atoms with van der Waals surface area (Å²) < 4.78 is 23.2. The van der Waals surface area contributed by atoms with E-state index in [0.717, 1.165) is 0 Å². The van der Waals surface area contributed by atoms with E-state index in [4.69, 9.17) is 18.4 Å². The van der Waals surface area contributed by atoms with E-state index in [9.17, 15) is 0 Å². The molecule has 3 aromatic heterocycles. The van der Waals surface area contributed by atoms with Crippen LogP contribution in [0.2, 0.25) is 0 Å². The summed E-state index contributed by atoms with van der Waals surface area (Å²) in [5.41, 5.74) is 0.659. The van der Waals surface area contributed by atoms with Gasteiger partial charge in [0.25, 0.3) is 5.89 Å². The summed E-state index contributed by atoms with van der Waals surface area (Å²) in [6.45, 7) is 1.16. The molecule has 8 heteroatoms. The van der Waals surface area contributed by atoms with Gasteiger partial charge in [-0.3, -0.25) is 4.68 Å². The van der Waals surface area contributed by atoms with E-state index in [1.807, 2.05) is 31.4 Å². The Morgan fingerprint density at radius 1 is 1.17 bits per heavy atom. The molecule has 0 N–H and O–H groups in total. The van der Waals surface area contributed by atoms with Crippen LogP contribution in [0.5, 0.6) is 0 Å². The van der Waals surface area contributed by atoms with Crippen molar-refractivity contribution in [1.82, 2.24) is 19.9 Å². The zero-order valence-electron chi connectivity index (χ0n) is 12.4. The van der Waals surface area contributed by atoms with Gasteiger partial charge in [-0.15, -0.1) is 0 Å². The van der Waals surface area contributed by atoms with Crippen LogP contribution in [-0.2, 0) is 16.5 Å². The van der Waals surface area contributed by atoms with Gasteiger partial charge in [0, 0.05) is 19.3 Å². The molecule has 0 bridgehead atoms. The third-order valence-electron chi connectivity index (χ3n) is 3.28. The molecule has 1 aliphatic heterocycles.